The maximum atomic E-state index is 6.33. The second-order valence-electron chi connectivity index (χ2n) is 8.60. The maximum absolute atomic E-state index is 6.33. The maximum Gasteiger partial charge on any atom is 0.226 e. The van der Waals surface area contributed by atoms with Crippen LogP contribution in [0.5, 0.6) is 17.4 Å². The summed E-state index contributed by atoms with van der Waals surface area (Å²) in [7, 11) is 0. The molecule has 3 aliphatic rings. The molecule has 7 heteroatoms. The fourth-order valence-corrected chi connectivity index (χ4v) is 4.41. The summed E-state index contributed by atoms with van der Waals surface area (Å²) in [5.74, 6) is 3.62. The van der Waals surface area contributed by atoms with Gasteiger partial charge in [0.2, 0.25) is 11.8 Å². The molecule has 1 aliphatic carbocycles. The number of nitrogens with zero attached hydrogens (tertiary/aromatic N) is 2. The second-order valence-corrected chi connectivity index (χ2v) is 8.60. The molecule has 1 saturated carbocycles. The Balaban J connectivity index is 1.42. The van der Waals surface area contributed by atoms with Crippen molar-refractivity contribution < 1.29 is 14.2 Å². The molecule has 0 spiro atoms. The Morgan fingerprint density at radius 3 is 2.70 bits per heavy atom. The first-order chi connectivity index (χ1) is 14.7. The molecule has 2 fully saturated rings. The van der Waals surface area contributed by atoms with Crippen molar-refractivity contribution in [3.63, 3.8) is 0 Å². The average molecular weight is 411 g/mol. The molecule has 30 heavy (non-hydrogen) atoms. The third kappa shape index (κ3) is 4.31. The zero-order valence-electron chi connectivity index (χ0n) is 17.5. The van der Waals surface area contributed by atoms with Gasteiger partial charge in [-0.15, -0.1) is 0 Å². The number of aromatic nitrogens is 2. The van der Waals surface area contributed by atoms with Gasteiger partial charge in [0.25, 0.3) is 0 Å². The van der Waals surface area contributed by atoms with Crippen LogP contribution >= 0.6 is 0 Å². The summed E-state index contributed by atoms with van der Waals surface area (Å²) >= 11 is 0. The lowest BCUT2D eigenvalue weighted by Crippen LogP contribution is -2.26. The summed E-state index contributed by atoms with van der Waals surface area (Å²) in [6.45, 7) is 5.29. The predicted octanol–water partition coefficient (Wildman–Crippen LogP) is 3.65. The Kier molecular flexibility index (Phi) is 5.62. The second kappa shape index (κ2) is 8.68. The van der Waals surface area contributed by atoms with Crippen LogP contribution in [0.1, 0.15) is 39.0 Å². The van der Waals surface area contributed by atoms with Crippen molar-refractivity contribution in [2.24, 2.45) is 5.92 Å². The van der Waals surface area contributed by atoms with E-state index in [1.165, 1.54) is 12.8 Å². The van der Waals surface area contributed by atoms with Crippen molar-refractivity contribution in [1.29, 1.82) is 0 Å². The van der Waals surface area contributed by atoms with Crippen molar-refractivity contribution >= 4 is 5.95 Å². The van der Waals surface area contributed by atoms with Crippen LogP contribution in [0.15, 0.2) is 24.4 Å². The molecular weight excluding hydrogens is 380 g/mol. The van der Waals surface area contributed by atoms with Gasteiger partial charge in [-0.1, -0.05) is 13.0 Å². The first-order valence-electron chi connectivity index (χ1n) is 11.2. The fourth-order valence-electron chi connectivity index (χ4n) is 4.41. The van der Waals surface area contributed by atoms with E-state index >= 15 is 0 Å². The van der Waals surface area contributed by atoms with E-state index in [0.29, 0.717) is 31.1 Å². The van der Waals surface area contributed by atoms with E-state index in [9.17, 15) is 0 Å². The van der Waals surface area contributed by atoms with Gasteiger partial charge in [0, 0.05) is 18.8 Å². The summed E-state index contributed by atoms with van der Waals surface area (Å²) in [5, 5.41) is 6.89. The molecule has 3 heterocycles. The van der Waals surface area contributed by atoms with Gasteiger partial charge in [-0.2, -0.15) is 4.98 Å². The molecule has 0 amide bonds. The van der Waals surface area contributed by atoms with Crippen molar-refractivity contribution in [3.8, 4) is 28.5 Å². The van der Waals surface area contributed by atoms with E-state index in [1.807, 2.05) is 24.4 Å². The van der Waals surface area contributed by atoms with Crippen molar-refractivity contribution in [2.75, 3.05) is 31.6 Å². The summed E-state index contributed by atoms with van der Waals surface area (Å²) in [4.78, 5) is 9.42. The minimum atomic E-state index is 0.124. The van der Waals surface area contributed by atoms with Crippen LogP contribution in [-0.4, -0.2) is 48.4 Å². The summed E-state index contributed by atoms with van der Waals surface area (Å²) < 4.78 is 17.7. The summed E-state index contributed by atoms with van der Waals surface area (Å²) in [5.41, 5.74) is 1.85. The molecule has 1 aromatic carbocycles. The van der Waals surface area contributed by atoms with Crippen LogP contribution in [0.3, 0.4) is 0 Å². The lowest BCUT2D eigenvalue weighted by molar-refractivity contribution is 0.171. The van der Waals surface area contributed by atoms with Gasteiger partial charge < -0.3 is 24.8 Å². The number of rotatable bonds is 5. The Morgan fingerprint density at radius 2 is 1.90 bits per heavy atom. The topological polar surface area (TPSA) is 77.5 Å². The SMILES string of the molecule is C[C@H]1CC[C@H](Nc2ncc(-c3ccc4c(c3)OCCO4)c(OC3CCNC3)n2)CC1. The molecule has 0 radical (unpaired) electrons. The van der Waals surface area contributed by atoms with Crippen LogP contribution in [0.4, 0.5) is 5.95 Å². The highest BCUT2D eigenvalue weighted by molar-refractivity contribution is 5.71. The number of hydrogen-bond acceptors (Lipinski definition) is 7. The van der Waals surface area contributed by atoms with Gasteiger partial charge in [0.05, 0.1) is 5.56 Å². The highest BCUT2D eigenvalue weighted by atomic mass is 16.6. The number of benzene rings is 1. The Hall–Kier alpha value is -2.54. The van der Waals surface area contributed by atoms with Crippen LogP contribution in [-0.2, 0) is 0 Å². The fraction of sp³-hybridized carbons (Fsp3) is 0.565. The third-order valence-electron chi connectivity index (χ3n) is 6.25. The van der Waals surface area contributed by atoms with Gasteiger partial charge in [0.1, 0.15) is 19.3 Å². The molecule has 2 N–H and O–H groups in total. The normalized spacial score (nSPS) is 25.7. The molecule has 1 saturated heterocycles. The third-order valence-corrected chi connectivity index (χ3v) is 6.25. The molecule has 1 unspecified atom stereocenters. The molecule has 7 nitrogen and oxygen atoms in total. The number of ether oxygens (including phenoxy) is 3. The first kappa shape index (κ1) is 19.4. The van der Waals surface area contributed by atoms with Gasteiger partial charge in [-0.3, -0.25) is 0 Å². The minimum Gasteiger partial charge on any atom is -0.486 e. The van der Waals surface area contributed by atoms with Gasteiger partial charge in [-0.25, -0.2) is 4.98 Å². The number of anilines is 1. The van der Waals surface area contributed by atoms with E-state index in [2.05, 4.69) is 22.5 Å². The van der Waals surface area contributed by atoms with Crippen molar-refractivity contribution in [2.45, 2.75) is 51.2 Å². The average Bonchev–Trinajstić information content (AvgIpc) is 3.28. The monoisotopic (exact) mass is 410 g/mol. The van der Waals surface area contributed by atoms with Gasteiger partial charge in [0.15, 0.2) is 11.5 Å². The molecule has 5 rings (SSSR count). The molecule has 2 aliphatic heterocycles. The number of hydrogen-bond donors (Lipinski definition) is 2. The minimum absolute atomic E-state index is 0.124. The van der Waals surface area contributed by atoms with Crippen LogP contribution in [0, 0.1) is 5.92 Å². The van der Waals surface area contributed by atoms with Gasteiger partial charge in [-0.05, 0) is 62.3 Å². The quantitative estimate of drug-likeness (QED) is 0.779. The Morgan fingerprint density at radius 1 is 1.07 bits per heavy atom. The molecule has 1 aromatic heterocycles. The molecule has 0 bridgehead atoms. The smallest absolute Gasteiger partial charge is 0.226 e. The Labute approximate surface area is 177 Å². The molecule has 1 atom stereocenters. The van der Waals surface area contributed by atoms with Crippen molar-refractivity contribution in [3.05, 3.63) is 24.4 Å². The summed E-state index contributed by atoms with van der Waals surface area (Å²) in [6, 6.07) is 6.38. The standard InChI is InChI=1S/C23H30N4O3/c1-15-2-5-17(6-3-15)26-23-25-14-19(22(27-23)30-18-8-9-24-13-18)16-4-7-20-21(12-16)29-11-10-28-20/h4,7,12,14-15,17-18,24H,2-3,5-6,8-11,13H2,1H3,(H,25,26,27)/t15-,17-,18?. The van der Waals surface area contributed by atoms with E-state index in [4.69, 9.17) is 19.2 Å². The van der Waals surface area contributed by atoms with Crippen LogP contribution in [0.2, 0.25) is 0 Å². The lowest BCUT2D eigenvalue weighted by Gasteiger charge is -2.27. The van der Waals surface area contributed by atoms with Crippen LogP contribution < -0.4 is 24.8 Å². The van der Waals surface area contributed by atoms with Crippen molar-refractivity contribution in [1.82, 2.24) is 15.3 Å². The largest absolute Gasteiger partial charge is 0.486 e. The Bertz CT molecular complexity index is 877. The van der Waals surface area contributed by atoms with E-state index in [0.717, 1.165) is 60.9 Å². The highest BCUT2D eigenvalue weighted by Crippen LogP contribution is 2.38. The predicted molar refractivity (Wildman–Crippen MR) is 115 cm³/mol. The van der Waals surface area contributed by atoms with E-state index in [1.54, 1.807) is 0 Å². The van der Waals surface area contributed by atoms with E-state index in [-0.39, 0.29) is 6.10 Å². The van der Waals surface area contributed by atoms with E-state index < -0.39 is 0 Å². The lowest BCUT2D eigenvalue weighted by atomic mass is 9.87. The zero-order valence-corrected chi connectivity index (χ0v) is 17.5. The van der Waals surface area contributed by atoms with Gasteiger partial charge >= 0.3 is 0 Å². The number of fused-ring (bicyclic) bond motifs is 1. The molecule has 2 aromatic rings. The number of nitrogens with one attached hydrogen (secondary N) is 2. The highest BCUT2D eigenvalue weighted by Gasteiger charge is 2.23. The molecular formula is C23H30N4O3. The summed E-state index contributed by atoms with van der Waals surface area (Å²) in [6.07, 6.45) is 7.81. The zero-order chi connectivity index (χ0) is 20.3. The van der Waals surface area contributed by atoms with Crippen LogP contribution in [0.25, 0.3) is 11.1 Å². The molecule has 160 valence electrons. The first-order valence-corrected chi connectivity index (χ1v) is 11.2.